The van der Waals surface area contributed by atoms with Crippen LogP contribution in [-0.2, 0) is 15.5 Å². The van der Waals surface area contributed by atoms with E-state index < -0.39 is 0 Å². The number of rotatable bonds is 0. The molecule has 75 valence electrons. The molecule has 0 aromatic carbocycles. The van der Waals surface area contributed by atoms with Crippen molar-refractivity contribution in [2.45, 2.75) is 38.5 Å². The van der Waals surface area contributed by atoms with E-state index in [1.807, 2.05) is 0 Å². The Morgan fingerprint density at radius 1 is 0.769 bits per heavy atom. The Hall–Kier alpha value is -0.286. The molecule has 0 saturated carbocycles. The Morgan fingerprint density at radius 3 is 2.00 bits per heavy atom. The summed E-state index contributed by atoms with van der Waals surface area (Å²) >= 11 is 4.92. The van der Waals surface area contributed by atoms with Crippen LogP contribution in [0.1, 0.15) is 38.5 Å². The van der Waals surface area contributed by atoms with Crippen LogP contribution in [0.2, 0.25) is 0 Å². The van der Waals surface area contributed by atoms with E-state index in [-0.39, 0.29) is 0 Å². The summed E-state index contributed by atoms with van der Waals surface area (Å²) in [5.41, 5.74) is 0. The monoisotopic (exact) mass is 219 g/mol. The predicted octanol–water partition coefficient (Wildman–Crippen LogP) is 3.88. The molecule has 0 heterocycles. The zero-order chi connectivity index (χ0) is 9.36. The van der Waals surface area contributed by atoms with Crippen LogP contribution in [0.3, 0.4) is 0 Å². The van der Waals surface area contributed by atoms with Gasteiger partial charge in [-0.25, -0.2) is 0 Å². The van der Waals surface area contributed by atoms with Gasteiger partial charge in [0.25, 0.3) is 0 Å². The zero-order valence-corrected chi connectivity index (χ0v) is 8.93. The maximum absolute atomic E-state index is 4.92. The van der Waals surface area contributed by atoms with Gasteiger partial charge in [0.2, 0.25) is 0 Å². The second kappa shape index (κ2) is 7.15. The third kappa shape index (κ3) is 5.88. The second-order valence-electron chi connectivity index (χ2n) is 3.25. The first-order valence-corrected chi connectivity index (χ1v) is 5.50. The van der Waals surface area contributed by atoms with Crippen LogP contribution >= 0.6 is 0 Å². The van der Waals surface area contributed by atoms with Gasteiger partial charge in [-0.3, -0.25) is 0 Å². The molecule has 0 aromatic rings. The summed E-state index contributed by atoms with van der Waals surface area (Å²) in [7, 11) is 0. The van der Waals surface area contributed by atoms with Crippen LogP contribution < -0.4 is 0 Å². The summed E-state index contributed by atoms with van der Waals surface area (Å²) < 4.78 is 1.17. The van der Waals surface area contributed by atoms with Crippen molar-refractivity contribution in [2.24, 2.45) is 0 Å². The summed E-state index contributed by atoms with van der Waals surface area (Å²) in [6.07, 6.45) is 18.1. The quantitative estimate of drug-likeness (QED) is 0.429. The van der Waals surface area contributed by atoms with Gasteiger partial charge in [-0.15, -0.1) is 0 Å². The fourth-order valence-corrected chi connectivity index (χ4v) is 1.59. The molecule has 1 rings (SSSR count). The molecule has 0 unspecified atom stereocenters. The first kappa shape index (κ1) is 10.8. The minimum atomic E-state index is 1.07. The van der Waals surface area contributed by atoms with Gasteiger partial charge in [0.15, 0.2) is 0 Å². The van der Waals surface area contributed by atoms with Gasteiger partial charge in [-0.2, -0.15) is 0 Å². The van der Waals surface area contributed by atoms with Crippen LogP contribution in [0.5, 0.6) is 0 Å². The third-order valence-corrected chi connectivity index (χ3v) is 2.50. The molecule has 0 aromatic heterocycles. The van der Waals surface area contributed by atoms with Crippen LogP contribution in [-0.4, -0.2) is 0 Å². The van der Waals surface area contributed by atoms with Crippen molar-refractivity contribution in [3.63, 3.8) is 0 Å². The van der Waals surface area contributed by atoms with Crippen LogP contribution in [0.25, 0.3) is 0 Å². The number of hydrogen-bond donors (Lipinski definition) is 0. The van der Waals surface area contributed by atoms with Crippen molar-refractivity contribution in [1.82, 2.24) is 0 Å². The molecule has 1 aliphatic rings. The molecule has 1 heteroatoms. The minimum absolute atomic E-state index is 1.07. The van der Waals surface area contributed by atoms with E-state index in [2.05, 4.69) is 30.4 Å². The van der Waals surface area contributed by atoms with Crippen molar-refractivity contribution in [2.75, 3.05) is 0 Å². The average Bonchev–Trinajstić information content (AvgIpc) is 2.11. The Kier molecular flexibility index (Phi) is 5.93. The van der Waals surface area contributed by atoms with E-state index in [9.17, 15) is 0 Å². The van der Waals surface area contributed by atoms with Crippen LogP contribution in [0.15, 0.2) is 34.9 Å². The fourth-order valence-electron chi connectivity index (χ4n) is 1.31. The summed E-state index contributed by atoms with van der Waals surface area (Å²) in [5.74, 6) is 0. The van der Waals surface area contributed by atoms with E-state index >= 15 is 0 Å². The van der Waals surface area contributed by atoms with Gasteiger partial charge in [-0.05, 0) is 0 Å². The summed E-state index contributed by atoms with van der Waals surface area (Å²) in [6.45, 7) is 0. The molecular formula is C12H17Ni. The average molecular weight is 220 g/mol. The standard InChI is InChI=1S/C12H17.Ni/c1-2-4-6-8-10-12-11-9-7-5-3-1;/h1-2,7-9H,3-6,11-12H2;/b2-1+,9-7+,10-8?;. The van der Waals surface area contributed by atoms with E-state index in [1.54, 1.807) is 0 Å². The van der Waals surface area contributed by atoms with Crippen molar-refractivity contribution >= 4 is 0 Å². The van der Waals surface area contributed by atoms with Crippen molar-refractivity contribution in [3.8, 4) is 0 Å². The van der Waals surface area contributed by atoms with Crippen molar-refractivity contribution < 1.29 is 15.5 Å². The molecule has 0 spiro atoms. The molecule has 0 radical (unpaired) electrons. The molecule has 0 nitrogen and oxygen atoms in total. The molecule has 0 N–H and O–H groups in total. The zero-order valence-electron chi connectivity index (χ0n) is 7.95. The Morgan fingerprint density at radius 2 is 1.31 bits per heavy atom. The maximum atomic E-state index is 4.92. The van der Waals surface area contributed by atoms with E-state index in [4.69, 9.17) is 15.5 Å². The van der Waals surface area contributed by atoms with Crippen molar-refractivity contribution in [1.29, 1.82) is 0 Å². The predicted molar refractivity (Wildman–Crippen MR) is 54.1 cm³/mol. The van der Waals surface area contributed by atoms with Gasteiger partial charge < -0.3 is 0 Å². The van der Waals surface area contributed by atoms with Gasteiger partial charge in [0.1, 0.15) is 0 Å². The SMILES string of the molecule is [Ni]/[C]1=C/CC/C=C/CC/C=C/CC1. The molecule has 1 aliphatic carbocycles. The van der Waals surface area contributed by atoms with Crippen molar-refractivity contribution in [3.05, 3.63) is 34.9 Å². The first-order chi connectivity index (χ1) is 6.39. The molecule has 13 heavy (non-hydrogen) atoms. The third-order valence-electron chi connectivity index (χ3n) is 2.05. The molecule has 0 atom stereocenters. The topological polar surface area (TPSA) is 0 Å². The Bertz CT molecular complexity index is 211. The summed E-state index contributed by atoms with van der Waals surface area (Å²) in [5, 5.41) is 0. The summed E-state index contributed by atoms with van der Waals surface area (Å²) in [6, 6.07) is 0. The van der Waals surface area contributed by atoms with Gasteiger partial charge in [0, 0.05) is 0 Å². The first-order valence-electron chi connectivity index (χ1n) is 5.01. The molecule has 0 saturated heterocycles. The van der Waals surface area contributed by atoms with Crippen LogP contribution in [0, 0.1) is 0 Å². The second-order valence-corrected chi connectivity index (χ2v) is 3.88. The normalized spacial score (nSPS) is 29.2. The van der Waals surface area contributed by atoms with E-state index in [1.165, 1.54) is 17.4 Å². The number of hydrogen-bond acceptors (Lipinski definition) is 0. The van der Waals surface area contributed by atoms with E-state index in [0.717, 1.165) is 25.7 Å². The Balaban J connectivity index is 2.42. The number of allylic oxidation sites excluding steroid dienone is 6. The molecular weight excluding hydrogens is 203 g/mol. The van der Waals surface area contributed by atoms with Gasteiger partial charge >= 0.3 is 88.9 Å². The van der Waals surface area contributed by atoms with Gasteiger partial charge in [-0.1, -0.05) is 0 Å². The summed E-state index contributed by atoms with van der Waals surface area (Å²) in [4.78, 5) is 0. The molecule has 0 fully saturated rings. The van der Waals surface area contributed by atoms with Crippen LogP contribution in [0.4, 0.5) is 0 Å². The molecule has 0 amide bonds. The molecule has 0 bridgehead atoms. The Labute approximate surface area is 89.2 Å². The molecule has 0 aliphatic heterocycles. The van der Waals surface area contributed by atoms with Gasteiger partial charge in [0.05, 0.1) is 0 Å². The van der Waals surface area contributed by atoms with E-state index in [0.29, 0.717) is 0 Å². The fraction of sp³-hybridized carbons (Fsp3) is 0.500.